The van der Waals surface area contributed by atoms with Crippen molar-refractivity contribution in [3.8, 4) is 11.5 Å². The molecule has 0 saturated carbocycles. The predicted octanol–water partition coefficient (Wildman–Crippen LogP) is 2.98. The molecule has 2 fully saturated rings. The zero-order chi connectivity index (χ0) is 19.8. The van der Waals surface area contributed by atoms with Gasteiger partial charge >= 0.3 is 0 Å². The standard InChI is InChI=1S/C21H25N3O4S/c25-29(26,23-9-1-2-10-23)17-6-8-21(22-15-17)24-11-3-4-18(24)16-5-7-19-20(14-16)28-13-12-27-19/h5-8,14-15,18H,1-4,9-13H2/t18-/m0/s1. The number of aromatic nitrogens is 1. The van der Waals surface area contributed by atoms with Gasteiger partial charge in [-0.1, -0.05) is 6.07 Å². The fraction of sp³-hybridized carbons (Fsp3) is 0.476. The van der Waals surface area contributed by atoms with Crippen molar-refractivity contribution in [1.29, 1.82) is 0 Å². The van der Waals surface area contributed by atoms with Crippen molar-refractivity contribution in [2.24, 2.45) is 0 Å². The Morgan fingerprint density at radius 1 is 0.931 bits per heavy atom. The van der Waals surface area contributed by atoms with Crippen LogP contribution in [0.2, 0.25) is 0 Å². The number of pyridine rings is 1. The van der Waals surface area contributed by atoms with Crippen LogP contribution in [0.3, 0.4) is 0 Å². The Kier molecular flexibility index (Phi) is 4.83. The second-order valence-corrected chi connectivity index (χ2v) is 9.66. The van der Waals surface area contributed by atoms with Gasteiger partial charge in [0.2, 0.25) is 10.0 Å². The van der Waals surface area contributed by atoms with Crippen LogP contribution in [0, 0.1) is 0 Å². The number of fused-ring (bicyclic) bond motifs is 1. The van der Waals surface area contributed by atoms with Crippen molar-refractivity contribution in [2.75, 3.05) is 37.7 Å². The van der Waals surface area contributed by atoms with Gasteiger partial charge in [0.1, 0.15) is 23.9 Å². The number of benzene rings is 1. The number of ether oxygens (including phenoxy) is 2. The highest BCUT2D eigenvalue weighted by atomic mass is 32.2. The molecule has 0 amide bonds. The lowest BCUT2D eigenvalue weighted by Crippen LogP contribution is -2.28. The first-order chi connectivity index (χ1) is 14.1. The summed E-state index contributed by atoms with van der Waals surface area (Å²) < 4.78 is 38.4. The van der Waals surface area contributed by atoms with Gasteiger partial charge in [-0.05, 0) is 55.5 Å². The van der Waals surface area contributed by atoms with E-state index in [0.29, 0.717) is 26.3 Å². The average Bonchev–Trinajstić information content (AvgIpc) is 3.46. The maximum Gasteiger partial charge on any atom is 0.244 e. The van der Waals surface area contributed by atoms with Crippen molar-refractivity contribution >= 4 is 15.8 Å². The normalized spacial score (nSPS) is 22.2. The monoisotopic (exact) mass is 415 g/mol. The first kappa shape index (κ1) is 18.7. The van der Waals surface area contributed by atoms with Gasteiger partial charge in [-0.2, -0.15) is 4.31 Å². The maximum atomic E-state index is 12.7. The average molecular weight is 416 g/mol. The van der Waals surface area contributed by atoms with E-state index in [0.717, 1.165) is 49.5 Å². The molecule has 0 unspecified atom stereocenters. The van der Waals surface area contributed by atoms with Gasteiger partial charge in [0.15, 0.2) is 11.5 Å². The molecule has 0 spiro atoms. The van der Waals surface area contributed by atoms with E-state index < -0.39 is 10.0 Å². The van der Waals surface area contributed by atoms with E-state index in [1.54, 1.807) is 10.4 Å². The molecule has 1 aromatic heterocycles. The maximum absolute atomic E-state index is 12.7. The number of sulfonamides is 1. The summed E-state index contributed by atoms with van der Waals surface area (Å²) in [5.74, 6) is 2.39. The summed E-state index contributed by atoms with van der Waals surface area (Å²) >= 11 is 0. The van der Waals surface area contributed by atoms with Gasteiger partial charge in [0, 0.05) is 25.8 Å². The highest BCUT2D eigenvalue weighted by Crippen LogP contribution is 2.39. The Morgan fingerprint density at radius 3 is 2.48 bits per heavy atom. The quantitative estimate of drug-likeness (QED) is 0.765. The third-order valence-corrected chi connectivity index (χ3v) is 7.80. The smallest absolute Gasteiger partial charge is 0.244 e. The van der Waals surface area contributed by atoms with Gasteiger partial charge in [-0.25, -0.2) is 13.4 Å². The molecule has 2 saturated heterocycles. The van der Waals surface area contributed by atoms with E-state index in [9.17, 15) is 8.42 Å². The molecule has 3 aliphatic heterocycles. The number of anilines is 1. The lowest BCUT2D eigenvalue weighted by molar-refractivity contribution is 0.171. The zero-order valence-electron chi connectivity index (χ0n) is 16.3. The summed E-state index contributed by atoms with van der Waals surface area (Å²) in [7, 11) is -3.43. The summed E-state index contributed by atoms with van der Waals surface area (Å²) in [6.45, 7) is 3.24. The van der Waals surface area contributed by atoms with Crippen molar-refractivity contribution in [2.45, 2.75) is 36.6 Å². The largest absolute Gasteiger partial charge is 0.486 e. The first-order valence-electron chi connectivity index (χ1n) is 10.3. The highest BCUT2D eigenvalue weighted by Gasteiger charge is 2.30. The topological polar surface area (TPSA) is 72.0 Å². The van der Waals surface area contributed by atoms with E-state index in [-0.39, 0.29) is 10.9 Å². The van der Waals surface area contributed by atoms with Crippen LogP contribution < -0.4 is 14.4 Å². The van der Waals surface area contributed by atoms with Crippen molar-refractivity contribution < 1.29 is 17.9 Å². The third kappa shape index (κ3) is 3.44. The molecule has 5 rings (SSSR count). The van der Waals surface area contributed by atoms with Crippen molar-refractivity contribution in [1.82, 2.24) is 9.29 Å². The third-order valence-electron chi connectivity index (χ3n) is 5.92. The van der Waals surface area contributed by atoms with Crippen LogP contribution in [0.15, 0.2) is 41.4 Å². The minimum absolute atomic E-state index is 0.194. The zero-order valence-corrected chi connectivity index (χ0v) is 17.1. The highest BCUT2D eigenvalue weighted by molar-refractivity contribution is 7.89. The Balaban J connectivity index is 1.39. The molecule has 0 bridgehead atoms. The van der Waals surface area contributed by atoms with Crippen LogP contribution in [-0.4, -0.2) is 50.6 Å². The Hall–Kier alpha value is -2.32. The Labute approximate surface area is 171 Å². The molecule has 0 aliphatic carbocycles. The van der Waals surface area contributed by atoms with Crippen LogP contribution >= 0.6 is 0 Å². The summed E-state index contributed by atoms with van der Waals surface area (Å²) in [4.78, 5) is 7.05. The Bertz CT molecular complexity index is 987. The minimum atomic E-state index is -3.43. The minimum Gasteiger partial charge on any atom is -0.486 e. The number of hydrogen-bond acceptors (Lipinski definition) is 6. The van der Waals surface area contributed by atoms with Crippen LogP contribution in [0.4, 0.5) is 5.82 Å². The molecule has 154 valence electrons. The van der Waals surface area contributed by atoms with E-state index in [4.69, 9.17) is 9.47 Å². The molecule has 2 aromatic rings. The molecule has 0 N–H and O–H groups in total. The fourth-order valence-electron chi connectivity index (χ4n) is 4.43. The van der Waals surface area contributed by atoms with E-state index in [2.05, 4.69) is 22.0 Å². The number of nitrogens with zero attached hydrogens (tertiary/aromatic N) is 3. The van der Waals surface area contributed by atoms with E-state index in [1.165, 1.54) is 11.8 Å². The van der Waals surface area contributed by atoms with Crippen LogP contribution in [0.5, 0.6) is 11.5 Å². The summed E-state index contributed by atoms with van der Waals surface area (Å²) in [5, 5.41) is 0. The molecule has 1 atom stereocenters. The lowest BCUT2D eigenvalue weighted by Gasteiger charge is -2.27. The van der Waals surface area contributed by atoms with Gasteiger partial charge in [-0.15, -0.1) is 0 Å². The van der Waals surface area contributed by atoms with Crippen LogP contribution in [0.25, 0.3) is 0 Å². The molecule has 3 aliphatic rings. The predicted molar refractivity (Wildman–Crippen MR) is 109 cm³/mol. The first-order valence-corrected chi connectivity index (χ1v) is 11.7. The van der Waals surface area contributed by atoms with Gasteiger partial charge in [0.05, 0.1) is 6.04 Å². The van der Waals surface area contributed by atoms with E-state index in [1.807, 2.05) is 12.1 Å². The SMILES string of the molecule is O=S(=O)(c1ccc(N2CCC[C@H]2c2ccc3c(c2)OCCO3)nc1)N1CCCC1. The van der Waals surface area contributed by atoms with Gasteiger partial charge in [0.25, 0.3) is 0 Å². The van der Waals surface area contributed by atoms with Gasteiger partial charge in [-0.3, -0.25) is 0 Å². The van der Waals surface area contributed by atoms with E-state index >= 15 is 0 Å². The second kappa shape index (κ2) is 7.50. The lowest BCUT2D eigenvalue weighted by atomic mass is 10.0. The van der Waals surface area contributed by atoms with Crippen LogP contribution in [-0.2, 0) is 10.0 Å². The molecule has 8 heteroatoms. The second-order valence-electron chi connectivity index (χ2n) is 7.72. The summed E-state index contributed by atoms with van der Waals surface area (Å²) in [6, 6.07) is 9.83. The van der Waals surface area contributed by atoms with Crippen molar-refractivity contribution in [3.05, 3.63) is 42.1 Å². The summed E-state index contributed by atoms with van der Waals surface area (Å²) in [5.41, 5.74) is 1.17. The molecule has 0 radical (unpaired) electrons. The molecule has 7 nitrogen and oxygen atoms in total. The van der Waals surface area contributed by atoms with Crippen LogP contribution in [0.1, 0.15) is 37.3 Å². The number of rotatable bonds is 4. The Morgan fingerprint density at radius 2 is 1.72 bits per heavy atom. The van der Waals surface area contributed by atoms with Crippen molar-refractivity contribution in [3.63, 3.8) is 0 Å². The fourth-order valence-corrected chi connectivity index (χ4v) is 5.89. The molecular formula is C21H25N3O4S. The van der Waals surface area contributed by atoms with Gasteiger partial charge < -0.3 is 14.4 Å². The summed E-state index contributed by atoms with van der Waals surface area (Å²) in [6.07, 6.45) is 5.44. The number of hydrogen-bond donors (Lipinski definition) is 0. The molecule has 1 aromatic carbocycles. The molecular weight excluding hydrogens is 390 g/mol. The molecule has 4 heterocycles. The molecule has 29 heavy (non-hydrogen) atoms.